The summed E-state index contributed by atoms with van der Waals surface area (Å²) in [5.41, 5.74) is 1.06. The minimum atomic E-state index is -1.17. The molecule has 1 aliphatic heterocycles. The standard InChI is InChI=1S/C23H31I3O3.CH2O/c1-26(2)19-13-15-12-16(28)4-10-22(15,24)18-5-8-20(14-27)17(23(18,19)25)6-9-21(20)7-3-11-29-21;1-2/h3,7,12,17-19,27H,4-6,8-11,13-14H2,1-2H3;1H2/t17?,18?,19?,20?,21-,22?,23?;/m0./s1. The van der Waals surface area contributed by atoms with Crippen LogP contribution in [0.25, 0.3) is 0 Å². The van der Waals surface area contributed by atoms with Crippen molar-refractivity contribution in [2.24, 2.45) is 17.3 Å². The second-order valence-corrected chi connectivity index (χ2v) is 19.9. The molecule has 0 radical (unpaired) electrons. The number of carbonyl (C=O) groups excluding carboxylic acids is 2. The van der Waals surface area contributed by atoms with Crippen LogP contribution in [0, 0.1) is 17.3 Å². The number of rotatable bonds is 2. The summed E-state index contributed by atoms with van der Waals surface area (Å²) in [5.74, 6) is 1.43. The van der Waals surface area contributed by atoms with Crippen molar-refractivity contribution in [3.05, 3.63) is 23.8 Å². The number of aliphatic hydroxyl groups excluding tert-OH is 1. The molecule has 6 unspecified atom stereocenters. The van der Waals surface area contributed by atoms with Crippen molar-refractivity contribution in [3.63, 3.8) is 0 Å². The summed E-state index contributed by atoms with van der Waals surface area (Å²) in [6, 6.07) is 0. The van der Waals surface area contributed by atoms with Gasteiger partial charge in [-0.2, -0.15) is 0 Å². The fourth-order valence-corrected chi connectivity index (χ4v) is 19.0. The van der Waals surface area contributed by atoms with Gasteiger partial charge in [-0.25, -0.2) is 0 Å². The molecule has 0 aromatic heterocycles. The molecule has 3 fully saturated rings. The van der Waals surface area contributed by atoms with Gasteiger partial charge in [0.25, 0.3) is 0 Å². The van der Waals surface area contributed by atoms with E-state index in [9.17, 15) is 9.90 Å². The van der Waals surface area contributed by atoms with Crippen molar-refractivity contribution in [3.8, 4) is 0 Å². The minimum absolute atomic E-state index is 0.124. The SMILES string of the molecule is C=O.CI(C)C1CC2=CC(=O)CCC2(I)C2CCC3(CO)C(CC[C@@]34C=CCO4)C12I. The van der Waals surface area contributed by atoms with Crippen LogP contribution < -0.4 is 0 Å². The Balaban J connectivity index is 0.00000112. The van der Waals surface area contributed by atoms with Crippen molar-refractivity contribution >= 4 is 77.6 Å². The Morgan fingerprint density at radius 2 is 1.90 bits per heavy atom. The van der Waals surface area contributed by atoms with Crippen LogP contribution in [0.15, 0.2) is 23.8 Å². The summed E-state index contributed by atoms with van der Waals surface area (Å²) in [5, 5.41) is 10.9. The third kappa shape index (κ3) is 3.35. The molecular formula is C24H33I3O4. The van der Waals surface area contributed by atoms with Crippen molar-refractivity contribution in [2.75, 3.05) is 23.1 Å². The van der Waals surface area contributed by atoms with Crippen LogP contribution in [0.1, 0.15) is 44.9 Å². The van der Waals surface area contributed by atoms with Crippen LogP contribution in [0.3, 0.4) is 0 Å². The van der Waals surface area contributed by atoms with Gasteiger partial charge >= 0.3 is 211 Å². The molecule has 5 rings (SSSR count). The Labute approximate surface area is 220 Å². The van der Waals surface area contributed by atoms with Gasteiger partial charge in [0.15, 0.2) is 0 Å². The first kappa shape index (κ1) is 25.0. The summed E-state index contributed by atoms with van der Waals surface area (Å²) in [7, 11) is 0. The van der Waals surface area contributed by atoms with E-state index in [1.807, 2.05) is 12.9 Å². The van der Waals surface area contributed by atoms with Crippen LogP contribution in [0.4, 0.5) is 0 Å². The Morgan fingerprint density at radius 3 is 2.52 bits per heavy atom. The monoisotopic (exact) mass is 766 g/mol. The number of alkyl halides is 5. The maximum absolute atomic E-state index is 12.3. The molecule has 0 aromatic rings. The number of ether oxygens (including phenoxy) is 1. The Morgan fingerprint density at radius 1 is 1.19 bits per heavy atom. The van der Waals surface area contributed by atoms with Gasteiger partial charge in [-0.1, -0.05) is 0 Å². The number of fused-ring (bicyclic) bond motifs is 6. The van der Waals surface area contributed by atoms with Gasteiger partial charge in [-0.05, 0) is 0 Å². The van der Waals surface area contributed by atoms with Crippen molar-refractivity contribution < 1.29 is 19.4 Å². The third-order valence-corrected chi connectivity index (χ3v) is 18.8. The molecule has 0 amide bonds. The molecule has 31 heavy (non-hydrogen) atoms. The van der Waals surface area contributed by atoms with Crippen molar-refractivity contribution in [1.82, 2.24) is 0 Å². The topological polar surface area (TPSA) is 63.6 Å². The molecule has 0 aromatic carbocycles. The van der Waals surface area contributed by atoms with Gasteiger partial charge in [0, 0.05) is 0 Å². The van der Waals surface area contributed by atoms with E-state index in [0.29, 0.717) is 34.6 Å². The Kier molecular flexibility index (Phi) is 7.15. The van der Waals surface area contributed by atoms with Crippen molar-refractivity contribution in [1.29, 1.82) is 0 Å². The van der Waals surface area contributed by atoms with Gasteiger partial charge in [0.1, 0.15) is 6.79 Å². The number of aliphatic hydroxyl groups is 1. The maximum atomic E-state index is 12.3. The number of carbonyl (C=O) groups is 2. The van der Waals surface area contributed by atoms with E-state index in [1.54, 1.807) is 0 Å². The van der Waals surface area contributed by atoms with E-state index in [2.05, 4.69) is 67.2 Å². The molecule has 1 spiro atoms. The van der Waals surface area contributed by atoms with E-state index < -0.39 is 19.8 Å². The zero-order valence-electron chi connectivity index (χ0n) is 18.3. The van der Waals surface area contributed by atoms with Gasteiger partial charge in [-0.3, -0.25) is 0 Å². The van der Waals surface area contributed by atoms with Gasteiger partial charge < -0.3 is 4.79 Å². The quantitative estimate of drug-likeness (QED) is 0.242. The van der Waals surface area contributed by atoms with E-state index in [4.69, 9.17) is 9.53 Å². The van der Waals surface area contributed by atoms with Crippen LogP contribution >= 0.6 is 65.0 Å². The van der Waals surface area contributed by atoms with E-state index in [1.165, 1.54) is 5.57 Å². The Hall–Kier alpha value is 0.930. The fraction of sp³-hybridized carbons (Fsp3) is 0.750. The average Bonchev–Trinajstić information content (AvgIpc) is 3.36. The second-order valence-electron chi connectivity index (χ2n) is 9.91. The molecule has 5 aliphatic rings. The van der Waals surface area contributed by atoms with E-state index in [0.717, 1.165) is 38.5 Å². The van der Waals surface area contributed by atoms with Crippen LogP contribution in [-0.4, -0.2) is 57.1 Å². The molecule has 4 aliphatic carbocycles. The number of hydrogen-bond donors (Lipinski definition) is 1. The second kappa shape index (κ2) is 8.86. The van der Waals surface area contributed by atoms with Crippen LogP contribution in [-0.2, 0) is 14.3 Å². The number of allylic oxidation sites excluding steroid dienone is 1. The molecule has 0 saturated heterocycles. The predicted molar refractivity (Wildman–Crippen MR) is 150 cm³/mol. The van der Waals surface area contributed by atoms with E-state index >= 15 is 0 Å². The predicted octanol–water partition coefficient (Wildman–Crippen LogP) is 5.10. The molecule has 1 N–H and O–H groups in total. The zero-order chi connectivity index (χ0) is 22.7. The van der Waals surface area contributed by atoms with Crippen molar-refractivity contribution in [2.45, 2.75) is 61.3 Å². The molecule has 0 bridgehead atoms. The summed E-state index contributed by atoms with van der Waals surface area (Å²) >= 11 is 4.48. The normalized spacial score (nSPS) is 48.3. The first-order chi connectivity index (χ1) is 14.7. The first-order valence-electron chi connectivity index (χ1n) is 11.1. The molecule has 7 heteroatoms. The molecule has 1 heterocycles. The fourth-order valence-electron chi connectivity index (χ4n) is 7.68. The van der Waals surface area contributed by atoms with Gasteiger partial charge in [0.05, 0.1) is 0 Å². The number of ketones is 1. The van der Waals surface area contributed by atoms with Crippen LogP contribution in [0.5, 0.6) is 0 Å². The molecule has 174 valence electrons. The van der Waals surface area contributed by atoms with Crippen LogP contribution in [0.2, 0.25) is 0 Å². The Bertz CT molecular complexity index is 813. The molecular weight excluding hydrogens is 733 g/mol. The number of halogens is 3. The first-order valence-corrected chi connectivity index (χ1v) is 18.8. The summed E-state index contributed by atoms with van der Waals surface area (Å²) < 4.78 is 7.43. The third-order valence-electron chi connectivity index (χ3n) is 8.93. The van der Waals surface area contributed by atoms with Gasteiger partial charge in [0.2, 0.25) is 0 Å². The summed E-state index contributed by atoms with van der Waals surface area (Å²) in [6.07, 6.45) is 13.7. The average molecular weight is 766 g/mol. The van der Waals surface area contributed by atoms with E-state index in [-0.39, 0.29) is 24.5 Å². The zero-order valence-corrected chi connectivity index (χ0v) is 24.8. The summed E-state index contributed by atoms with van der Waals surface area (Å²) in [6.45, 7) is 2.93. The molecule has 7 atom stereocenters. The molecule has 4 nitrogen and oxygen atoms in total. The molecule has 3 saturated carbocycles. The summed E-state index contributed by atoms with van der Waals surface area (Å²) in [4.78, 5) is 25.3. The van der Waals surface area contributed by atoms with Gasteiger partial charge in [-0.15, -0.1) is 0 Å². The number of hydrogen-bond acceptors (Lipinski definition) is 4.